The number of hydrogen-bond donors (Lipinski definition) is 0. The minimum atomic E-state index is -0.776. The van der Waals surface area contributed by atoms with Crippen LogP contribution < -0.4 is 0 Å². The first-order valence-electron chi connectivity index (χ1n) is 14.2. The molecule has 1 nitrogen and oxygen atoms in total. The summed E-state index contributed by atoms with van der Waals surface area (Å²) >= 11 is 0. The third kappa shape index (κ3) is 19.3. The molecule has 0 saturated carbocycles. The van der Waals surface area contributed by atoms with Crippen molar-refractivity contribution in [1.82, 2.24) is 0 Å². The molecule has 0 amide bonds. The minimum absolute atomic E-state index is 0.313. The van der Waals surface area contributed by atoms with Crippen molar-refractivity contribution in [2.75, 3.05) is 25.1 Å². The summed E-state index contributed by atoms with van der Waals surface area (Å²) < 4.78 is 6.42. The first kappa shape index (κ1) is 30.6. The molecular weight excluding hydrogens is 399 g/mol. The fourth-order valence-electron chi connectivity index (χ4n) is 4.61. The van der Waals surface area contributed by atoms with E-state index in [4.69, 9.17) is 4.43 Å². The van der Waals surface area contributed by atoms with E-state index in [0.717, 1.165) is 6.61 Å². The summed E-state index contributed by atoms with van der Waals surface area (Å²) in [5, 5.41) is 0. The quantitative estimate of drug-likeness (QED) is 0.0750. The van der Waals surface area contributed by atoms with E-state index in [0.29, 0.717) is 0 Å². The summed E-state index contributed by atoms with van der Waals surface area (Å²) in [6.07, 6.45) is 32.1. The van der Waals surface area contributed by atoms with Crippen molar-refractivity contribution >= 4 is 16.2 Å². The van der Waals surface area contributed by atoms with Crippen molar-refractivity contribution in [3.63, 3.8) is 0 Å². The second-order valence-corrected chi connectivity index (χ2v) is 19.3. The van der Waals surface area contributed by atoms with Gasteiger partial charge in [0.1, 0.15) is 0 Å². The van der Waals surface area contributed by atoms with Crippen molar-refractivity contribution < 1.29 is 4.43 Å². The van der Waals surface area contributed by atoms with Crippen LogP contribution in [0.4, 0.5) is 0 Å². The summed E-state index contributed by atoms with van der Waals surface area (Å²) in [5.41, 5.74) is 0. The van der Waals surface area contributed by atoms with Crippen LogP contribution in [0.1, 0.15) is 150 Å². The lowest BCUT2D eigenvalue weighted by atomic mass is 10.1. The highest BCUT2D eigenvalue weighted by molar-refractivity contribution is 7.99. The Morgan fingerprint density at radius 3 is 1.10 bits per heavy atom. The van der Waals surface area contributed by atoms with Gasteiger partial charge in [0.05, 0.1) is 0 Å². The Balaban J connectivity index is 4.61. The number of unbranched alkanes of at least 4 members (excludes halogenated alkanes) is 15. The van der Waals surface area contributed by atoms with E-state index in [1.54, 1.807) is 18.5 Å². The molecule has 0 fully saturated rings. The lowest BCUT2D eigenvalue weighted by Crippen LogP contribution is -2.18. The van der Waals surface area contributed by atoms with Gasteiger partial charge in [-0.15, -0.1) is 0 Å². The Hall–Kier alpha value is 0.607. The number of hydrogen-bond acceptors (Lipinski definition) is 1. The fraction of sp³-hybridized carbons (Fsp3) is 1.00. The average molecular weight is 460 g/mol. The summed E-state index contributed by atoms with van der Waals surface area (Å²) in [6.45, 7) is 9.53. The van der Waals surface area contributed by atoms with Crippen LogP contribution in [-0.2, 0) is 4.43 Å². The van der Waals surface area contributed by atoms with Crippen LogP contribution in [0.2, 0.25) is 0 Å². The van der Waals surface area contributed by atoms with Crippen LogP contribution in [0.3, 0.4) is 0 Å². The topological polar surface area (TPSA) is 9.23 Å². The van der Waals surface area contributed by atoms with Crippen molar-refractivity contribution in [2.24, 2.45) is 0 Å². The Morgan fingerprint density at radius 2 is 0.767 bits per heavy atom. The van der Waals surface area contributed by atoms with Gasteiger partial charge in [0.15, 0.2) is 0 Å². The van der Waals surface area contributed by atoms with Gasteiger partial charge in [0, 0.05) is 25.1 Å². The second kappa shape index (κ2) is 24.3. The van der Waals surface area contributed by atoms with Gasteiger partial charge >= 0.3 is 9.43 Å². The third-order valence-corrected chi connectivity index (χ3v) is 16.5. The van der Waals surface area contributed by atoms with Crippen molar-refractivity contribution in [3.05, 3.63) is 0 Å². The van der Waals surface area contributed by atoms with Crippen LogP contribution in [0.5, 0.6) is 0 Å². The maximum absolute atomic E-state index is 6.42. The normalized spacial score (nSPS) is 12.4. The monoisotopic (exact) mass is 459 g/mol. The highest BCUT2D eigenvalue weighted by Gasteiger charge is 2.36. The molecule has 0 aromatic rings. The fourth-order valence-corrected chi connectivity index (χ4v) is 13.9. The van der Waals surface area contributed by atoms with Gasteiger partial charge in [-0.2, -0.15) is 0 Å². The summed E-state index contributed by atoms with van der Waals surface area (Å²) in [5.74, 6) is 0. The molecule has 182 valence electrons. The average Bonchev–Trinajstić information content (AvgIpc) is 2.75. The molecule has 0 bridgehead atoms. The summed E-state index contributed by atoms with van der Waals surface area (Å²) in [4.78, 5) is 0. The molecule has 0 radical (unpaired) electrons. The van der Waals surface area contributed by atoms with Crippen LogP contribution in [0, 0.1) is 0 Å². The molecule has 3 heteroatoms. The highest BCUT2D eigenvalue weighted by Crippen LogP contribution is 2.59. The lowest BCUT2D eigenvalue weighted by Gasteiger charge is -2.28. The molecule has 0 aliphatic heterocycles. The minimum Gasteiger partial charge on any atom is -0.389 e. The molecule has 30 heavy (non-hydrogen) atoms. The molecule has 0 aliphatic rings. The molecule has 0 aromatic heterocycles. The van der Waals surface area contributed by atoms with E-state index in [-0.39, 0.29) is 9.43 Å². The molecule has 0 heterocycles. The van der Waals surface area contributed by atoms with Crippen molar-refractivity contribution in [1.29, 1.82) is 0 Å². The van der Waals surface area contributed by atoms with Gasteiger partial charge in [0.2, 0.25) is 0 Å². The van der Waals surface area contributed by atoms with Crippen LogP contribution in [0.25, 0.3) is 0 Å². The van der Waals surface area contributed by atoms with Gasteiger partial charge in [-0.1, -0.05) is 105 Å². The second-order valence-electron chi connectivity index (χ2n) is 9.85. The zero-order valence-corrected chi connectivity index (χ0v) is 24.1. The Morgan fingerprint density at radius 1 is 0.433 bits per heavy atom. The van der Waals surface area contributed by atoms with Gasteiger partial charge in [-0.3, -0.25) is 0 Å². The van der Waals surface area contributed by atoms with Crippen LogP contribution in [0.15, 0.2) is 0 Å². The molecule has 0 atom stereocenters. The SMILES string of the molecule is CCCCCCCC[P+](CCCCCCCC)(CCCCCCCC)[SiH2]OCCC. The molecule has 0 rings (SSSR count). The predicted octanol–water partition coefficient (Wildman–Crippen LogP) is 9.51. The zero-order valence-electron chi connectivity index (χ0n) is 21.8. The van der Waals surface area contributed by atoms with E-state index in [9.17, 15) is 0 Å². The molecule has 0 aromatic carbocycles. The summed E-state index contributed by atoms with van der Waals surface area (Å²) in [7, 11) is -0.313. The van der Waals surface area contributed by atoms with Crippen LogP contribution in [-0.4, -0.2) is 34.5 Å². The van der Waals surface area contributed by atoms with Crippen molar-refractivity contribution in [2.45, 2.75) is 150 Å². The van der Waals surface area contributed by atoms with E-state index in [2.05, 4.69) is 27.7 Å². The van der Waals surface area contributed by atoms with E-state index < -0.39 is 6.81 Å². The lowest BCUT2D eigenvalue weighted by molar-refractivity contribution is 0.344. The molecule has 0 N–H and O–H groups in total. The van der Waals surface area contributed by atoms with Crippen molar-refractivity contribution in [3.8, 4) is 0 Å². The third-order valence-electron chi connectivity index (χ3n) is 6.67. The number of rotatable bonds is 25. The summed E-state index contributed by atoms with van der Waals surface area (Å²) in [6, 6.07) is 0. The maximum Gasteiger partial charge on any atom is 0.341 e. The van der Waals surface area contributed by atoms with Crippen LogP contribution >= 0.6 is 6.81 Å². The van der Waals surface area contributed by atoms with E-state index in [1.807, 2.05) is 0 Å². The smallest absolute Gasteiger partial charge is 0.341 e. The van der Waals surface area contributed by atoms with Gasteiger partial charge in [0.25, 0.3) is 0 Å². The zero-order chi connectivity index (χ0) is 22.2. The Kier molecular flexibility index (Phi) is 24.7. The predicted molar refractivity (Wildman–Crippen MR) is 146 cm³/mol. The largest absolute Gasteiger partial charge is 0.389 e. The molecule has 0 saturated heterocycles. The molecule has 0 aliphatic carbocycles. The van der Waals surface area contributed by atoms with Gasteiger partial charge in [-0.05, 0) is 51.8 Å². The van der Waals surface area contributed by atoms with Gasteiger partial charge < -0.3 is 4.43 Å². The Labute approximate surface area is 195 Å². The Bertz CT molecular complexity index is 283. The van der Waals surface area contributed by atoms with Gasteiger partial charge in [-0.25, -0.2) is 0 Å². The highest BCUT2D eigenvalue weighted by atomic mass is 31.4. The maximum atomic E-state index is 6.42. The first-order chi connectivity index (χ1) is 14.7. The molecule has 0 unspecified atom stereocenters. The molecular formula is C27H60OPSi+. The standard InChI is InChI=1S/C27H60OPSi/c1-5-9-12-15-18-21-25-29(30-28-24-8-4,26-22-19-16-13-10-6-2)27-23-20-17-14-11-7-3/h5-27,30H2,1-4H3/q+1. The molecule has 0 spiro atoms. The van der Waals surface area contributed by atoms with E-state index in [1.165, 1.54) is 122 Å². The first-order valence-corrected chi connectivity index (χ1v) is 19.2. The van der Waals surface area contributed by atoms with E-state index >= 15 is 0 Å².